The van der Waals surface area contributed by atoms with E-state index in [4.69, 9.17) is 4.98 Å². The van der Waals surface area contributed by atoms with Gasteiger partial charge in [0.05, 0.1) is 23.1 Å². The molecule has 0 aliphatic heterocycles. The van der Waals surface area contributed by atoms with E-state index in [1.54, 1.807) is 11.3 Å². The van der Waals surface area contributed by atoms with Crippen LogP contribution in [0.2, 0.25) is 0 Å². The van der Waals surface area contributed by atoms with Gasteiger partial charge in [-0.15, -0.1) is 11.3 Å². The highest BCUT2D eigenvalue weighted by Gasteiger charge is 2.22. The number of rotatable bonds is 4. The molecule has 1 unspecified atom stereocenters. The van der Waals surface area contributed by atoms with Gasteiger partial charge in [0, 0.05) is 16.0 Å². The molecule has 0 amide bonds. The minimum Gasteiger partial charge on any atom is -0.349 e. The second kappa shape index (κ2) is 6.61. The van der Waals surface area contributed by atoms with Crippen molar-refractivity contribution in [1.82, 2.24) is 14.4 Å². The molecule has 3 heterocycles. The summed E-state index contributed by atoms with van der Waals surface area (Å²) < 4.78 is 3.21. The maximum atomic E-state index is 4.72. The predicted molar refractivity (Wildman–Crippen MR) is 106 cm³/mol. The molecule has 4 nitrogen and oxygen atoms in total. The highest BCUT2D eigenvalue weighted by atomic mass is 79.9. The lowest BCUT2D eigenvalue weighted by Crippen LogP contribution is -2.15. The van der Waals surface area contributed by atoms with Crippen LogP contribution >= 0.6 is 27.3 Å². The van der Waals surface area contributed by atoms with Gasteiger partial charge >= 0.3 is 0 Å². The molecule has 6 heteroatoms. The summed E-state index contributed by atoms with van der Waals surface area (Å²) in [6.45, 7) is 4.07. The zero-order chi connectivity index (χ0) is 17.4. The van der Waals surface area contributed by atoms with Crippen LogP contribution in [0, 0.1) is 13.8 Å². The maximum absolute atomic E-state index is 4.72. The Hall–Kier alpha value is -2.18. The molecule has 1 atom stereocenters. The smallest absolute Gasteiger partial charge is 0.183 e. The van der Waals surface area contributed by atoms with Gasteiger partial charge in [0.15, 0.2) is 5.13 Å². The second-order valence-corrected chi connectivity index (χ2v) is 7.71. The lowest BCUT2D eigenvalue weighted by atomic mass is 10.0. The Morgan fingerprint density at radius 1 is 1.08 bits per heavy atom. The minimum absolute atomic E-state index is 0.0314. The van der Waals surface area contributed by atoms with Crippen molar-refractivity contribution < 1.29 is 0 Å². The number of benzene rings is 1. The van der Waals surface area contributed by atoms with Crippen LogP contribution in [0.15, 0.2) is 58.5 Å². The number of halogens is 1. The zero-order valence-corrected chi connectivity index (χ0v) is 16.3. The summed E-state index contributed by atoms with van der Waals surface area (Å²) in [5.41, 5.74) is 5.29. The van der Waals surface area contributed by atoms with Crippen molar-refractivity contribution in [2.75, 3.05) is 5.32 Å². The number of fused-ring (bicyclic) bond motifs is 1. The SMILES string of the molecule is Cc1csc(NC(c2ccc(Br)cc2)c2c(C)nc3ccccn23)n1. The molecule has 0 saturated heterocycles. The molecule has 25 heavy (non-hydrogen) atoms. The third-order valence-electron chi connectivity index (χ3n) is 4.11. The average Bonchev–Trinajstić information content (AvgIpc) is 3.16. The van der Waals surface area contributed by atoms with E-state index in [0.29, 0.717) is 0 Å². The molecule has 4 rings (SSSR count). The van der Waals surface area contributed by atoms with Crippen molar-refractivity contribution in [3.05, 3.63) is 81.2 Å². The van der Waals surface area contributed by atoms with Crippen molar-refractivity contribution >= 4 is 38.0 Å². The molecule has 0 aliphatic rings. The van der Waals surface area contributed by atoms with Crippen molar-refractivity contribution in [3.63, 3.8) is 0 Å². The molecule has 4 aromatic rings. The Balaban J connectivity index is 1.86. The van der Waals surface area contributed by atoms with E-state index in [9.17, 15) is 0 Å². The Morgan fingerprint density at radius 2 is 1.88 bits per heavy atom. The van der Waals surface area contributed by atoms with Crippen molar-refractivity contribution in [1.29, 1.82) is 0 Å². The van der Waals surface area contributed by atoms with Crippen LogP contribution in [-0.4, -0.2) is 14.4 Å². The number of nitrogens with zero attached hydrogens (tertiary/aromatic N) is 3. The third kappa shape index (κ3) is 3.19. The van der Waals surface area contributed by atoms with Crippen LogP contribution in [0.4, 0.5) is 5.13 Å². The number of aromatic nitrogens is 3. The van der Waals surface area contributed by atoms with Crippen LogP contribution in [0.3, 0.4) is 0 Å². The largest absolute Gasteiger partial charge is 0.349 e. The first-order chi connectivity index (χ1) is 12.1. The Morgan fingerprint density at radius 3 is 2.60 bits per heavy atom. The van der Waals surface area contributed by atoms with Crippen molar-refractivity contribution in [3.8, 4) is 0 Å². The zero-order valence-electron chi connectivity index (χ0n) is 13.9. The minimum atomic E-state index is -0.0314. The third-order valence-corrected chi connectivity index (χ3v) is 5.53. The van der Waals surface area contributed by atoms with E-state index in [-0.39, 0.29) is 6.04 Å². The van der Waals surface area contributed by atoms with E-state index in [0.717, 1.165) is 32.3 Å². The van der Waals surface area contributed by atoms with Crippen LogP contribution in [0.25, 0.3) is 5.65 Å². The standard InChI is InChI=1S/C19H17BrN4S/c1-12-11-25-19(21-12)23-17(14-6-8-15(20)9-7-14)18-13(2)22-16-5-3-4-10-24(16)18/h3-11,17H,1-2H3,(H,21,23). The fourth-order valence-corrected chi connectivity index (χ4v) is 3.97. The number of aryl methyl sites for hydroxylation is 2. The molecule has 0 bridgehead atoms. The summed E-state index contributed by atoms with van der Waals surface area (Å²) in [6, 6.07) is 14.4. The number of pyridine rings is 1. The van der Waals surface area contributed by atoms with E-state index in [1.807, 2.05) is 25.1 Å². The first-order valence-corrected chi connectivity index (χ1v) is 9.67. The summed E-state index contributed by atoms with van der Waals surface area (Å²) in [7, 11) is 0. The van der Waals surface area contributed by atoms with E-state index in [2.05, 4.69) is 73.4 Å². The molecule has 126 valence electrons. The van der Waals surface area contributed by atoms with Gasteiger partial charge in [0.2, 0.25) is 0 Å². The Kier molecular flexibility index (Phi) is 4.31. The topological polar surface area (TPSA) is 42.2 Å². The van der Waals surface area contributed by atoms with Gasteiger partial charge in [-0.1, -0.05) is 34.1 Å². The highest BCUT2D eigenvalue weighted by molar-refractivity contribution is 9.10. The van der Waals surface area contributed by atoms with Gasteiger partial charge in [0.25, 0.3) is 0 Å². The van der Waals surface area contributed by atoms with E-state index < -0.39 is 0 Å². The number of thiazole rings is 1. The molecule has 0 fully saturated rings. The second-order valence-electron chi connectivity index (χ2n) is 5.93. The average molecular weight is 413 g/mol. The van der Waals surface area contributed by atoms with Gasteiger partial charge in [-0.2, -0.15) is 0 Å². The van der Waals surface area contributed by atoms with Gasteiger partial charge in [-0.05, 0) is 43.7 Å². The molecule has 1 N–H and O–H groups in total. The van der Waals surface area contributed by atoms with Crippen LogP contribution < -0.4 is 5.32 Å². The predicted octanol–water partition coefficient (Wildman–Crippen LogP) is 5.37. The molecule has 3 aromatic heterocycles. The summed E-state index contributed by atoms with van der Waals surface area (Å²) in [5, 5.41) is 6.57. The molecule has 0 radical (unpaired) electrons. The summed E-state index contributed by atoms with van der Waals surface area (Å²) >= 11 is 5.14. The number of anilines is 1. The number of hydrogen-bond donors (Lipinski definition) is 1. The quantitative estimate of drug-likeness (QED) is 0.489. The van der Waals surface area contributed by atoms with Crippen molar-refractivity contribution in [2.24, 2.45) is 0 Å². The van der Waals surface area contributed by atoms with E-state index >= 15 is 0 Å². The Bertz CT molecular complexity index is 1020. The molecular formula is C19H17BrN4S. The lowest BCUT2D eigenvalue weighted by Gasteiger charge is -2.20. The number of nitrogens with one attached hydrogen (secondary N) is 1. The van der Waals surface area contributed by atoms with Gasteiger partial charge in [-0.3, -0.25) is 0 Å². The van der Waals surface area contributed by atoms with Gasteiger partial charge in [-0.25, -0.2) is 9.97 Å². The summed E-state index contributed by atoms with van der Waals surface area (Å²) in [4.78, 5) is 9.30. The number of imidazole rings is 1. The molecule has 0 saturated carbocycles. The molecule has 0 spiro atoms. The number of hydrogen-bond acceptors (Lipinski definition) is 4. The van der Waals surface area contributed by atoms with E-state index in [1.165, 1.54) is 5.56 Å². The van der Waals surface area contributed by atoms with Crippen LogP contribution in [0.1, 0.15) is 28.7 Å². The van der Waals surface area contributed by atoms with Crippen molar-refractivity contribution in [2.45, 2.75) is 19.9 Å². The molecule has 0 aliphatic carbocycles. The molecule has 1 aromatic carbocycles. The van der Waals surface area contributed by atoms with Gasteiger partial charge in [0.1, 0.15) is 5.65 Å². The van der Waals surface area contributed by atoms with Crippen LogP contribution in [0.5, 0.6) is 0 Å². The monoisotopic (exact) mass is 412 g/mol. The molecular weight excluding hydrogens is 396 g/mol. The Labute approximate surface area is 158 Å². The fraction of sp³-hybridized carbons (Fsp3) is 0.158. The summed E-state index contributed by atoms with van der Waals surface area (Å²) in [5.74, 6) is 0. The maximum Gasteiger partial charge on any atom is 0.183 e. The normalized spacial score (nSPS) is 12.4. The first kappa shape index (κ1) is 16.3. The van der Waals surface area contributed by atoms with Crippen LogP contribution in [-0.2, 0) is 0 Å². The first-order valence-electron chi connectivity index (χ1n) is 7.99. The van der Waals surface area contributed by atoms with Gasteiger partial charge < -0.3 is 9.72 Å². The fourth-order valence-electron chi connectivity index (χ4n) is 2.99. The summed E-state index contributed by atoms with van der Waals surface area (Å²) in [6.07, 6.45) is 2.06. The lowest BCUT2D eigenvalue weighted by molar-refractivity contribution is 0.853. The highest BCUT2D eigenvalue weighted by Crippen LogP contribution is 2.31.